The first-order valence-corrected chi connectivity index (χ1v) is 15.6. The molecule has 2 atom stereocenters. The maximum atomic E-state index is 5.52. The van der Waals surface area contributed by atoms with Gasteiger partial charge in [-0.3, -0.25) is 9.97 Å². The summed E-state index contributed by atoms with van der Waals surface area (Å²) in [5, 5.41) is 0. The first kappa shape index (κ1) is 27.0. The topological polar surface area (TPSA) is 29.0 Å². The van der Waals surface area contributed by atoms with Gasteiger partial charge in [-0.25, -0.2) is 0 Å². The minimum atomic E-state index is -0.701. The molecule has 0 spiro atoms. The van der Waals surface area contributed by atoms with Gasteiger partial charge in [0.25, 0.3) is 0 Å². The fourth-order valence-corrected chi connectivity index (χ4v) is 7.52. The van der Waals surface area contributed by atoms with Crippen molar-refractivity contribution in [2.45, 2.75) is 17.9 Å². The van der Waals surface area contributed by atoms with Gasteiger partial charge in [0, 0.05) is 28.4 Å². The van der Waals surface area contributed by atoms with E-state index in [-0.39, 0.29) is 5.92 Å². The minimum absolute atomic E-state index is 0.0397. The fourth-order valence-electron chi connectivity index (χ4n) is 7.52. The standard InChI is InChI=1S/C42H33N3/c1-41-30-14-13-27-38(41)42(39-28-15-24-35(43-39)31-17-5-2-6-18-31,40-29-16-25-36(44-40)32-19-7-3-8-20-32)34-23-11-12-26-37(34)45(41)33-21-9-4-10-22-33/h2-30,38H,1H3. The molecule has 4 aromatic carbocycles. The van der Waals surface area contributed by atoms with Gasteiger partial charge in [0.15, 0.2) is 0 Å². The molecule has 0 bridgehead atoms. The van der Waals surface area contributed by atoms with E-state index in [1.54, 1.807) is 0 Å². The van der Waals surface area contributed by atoms with Crippen molar-refractivity contribution in [2.75, 3.05) is 4.90 Å². The second-order valence-corrected chi connectivity index (χ2v) is 12.0. The highest BCUT2D eigenvalue weighted by Gasteiger charge is 2.59. The zero-order valence-corrected chi connectivity index (χ0v) is 25.2. The van der Waals surface area contributed by atoms with Gasteiger partial charge in [-0.2, -0.15) is 0 Å². The summed E-state index contributed by atoms with van der Waals surface area (Å²) in [6.07, 6.45) is 9.12. The molecule has 1 aliphatic heterocycles. The van der Waals surface area contributed by atoms with Crippen molar-refractivity contribution < 1.29 is 0 Å². The Balaban J connectivity index is 1.48. The van der Waals surface area contributed by atoms with E-state index in [4.69, 9.17) is 9.97 Å². The van der Waals surface area contributed by atoms with Gasteiger partial charge >= 0.3 is 0 Å². The number of allylic oxidation sites excluding steroid dienone is 2. The Kier molecular flexibility index (Phi) is 6.53. The van der Waals surface area contributed by atoms with Crippen LogP contribution in [0.1, 0.15) is 23.9 Å². The third-order valence-electron chi connectivity index (χ3n) is 9.46. The molecule has 2 unspecified atom stereocenters. The summed E-state index contributed by atoms with van der Waals surface area (Å²) in [6.45, 7) is 2.36. The van der Waals surface area contributed by atoms with Crippen LogP contribution in [-0.4, -0.2) is 15.5 Å². The molecule has 1 aliphatic carbocycles. The lowest BCUT2D eigenvalue weighted by Gasteiger charge is -2.58. The van der Waals surface area contributed by atoms with Gasteiger partial charge in [-0.1, -0.05) is 133 Å². The summed E-state index contributed by atoms with van der Waals surface area (Å²) in [5.41, 5.74) is 8.42. The molecule has 0 amide bonds. The van der Waals surface area contributed by atoms with Crippen molar-refractivity contribution in [3.05, 3.63) is 193 Å². The maximum Gasteiger partial charge on any atom is 0.0904 e. The molecule has 0 fully saturated rings. The molecule has 3 heterocycles. The number of benzene rings is 4. The molecule has 6 aromatic rings. The molecule has 2 aliphatic rings. The number of hydrogen-bond donors (Lipinski definition) is 0. The Morgan fingerprint density at radius 3 is 1.67 bits per heavy atom. The number of nitrogens with zero attached hydrogens (tertiary/aromatic N) is 3. The van der Waals surface area contributed by atoms with Crippen LogP contribution < -0.4 is 4.90 Å². The minimum Gasteiger partial charge on any atom is -0.331 e. The Morgan fingerprint density at radius 1 is 0.533 bits per heavy atom. The zero-order valence-electron chi connectivity index (χ0n) is 25.2. The molecule has 3 nitrogen and oxygen atoms in total. The Labute approximate surface area is 264 Å². The molecule has 8 rings (SSSR count). The van der Waals surface area contributed by atoms with Crippen molar-refractivity contribution in [3.63, 3.8) is 0 Å². The van der Waals surface area contributed by atoms with Gasteiger partial charge < -0.3 is 4.90 Å². The van der Waals surface area contributed by atoms with Crippen LogP contribution in [0.2, 0.25) is 0 Å². The highest BCUT2D eigenvalue weighted by atomic mass is 15.2. The van der Waals surface area contributed by atoms with Crippen molar-refractivity contribution in [3.8, 4) is 22.5 Å². The van der Waals surface area contributed by atoms with Gasteiger partial charge in [0.2, 0.25) is 0 Å². The number of pyridine rings is 2. The number of rotatable bonds is 5. The SMILES string of the molecule is CC12C=CC=CC1C(c1cccc(-c3ccccc3)n1)(c1cccc(-c3ccccc3)n1)c1ccccc1N2c1ccccc1. The third-order valence-corrected chi connectivity index (χ3v) is 9.46. The normalized spacial score (nSPS) is 19.5. The van der Waals surface area contributed by atoms with Crippen LogP contribution in [-0.2, 0) is 5.41 Å². The van der Waals surface area contributed by atoms with Gasteiger partial charge in [-0.15, -0.1) is 0 Å². The smallest absolute Gasteiger partial charge is 0.0904 e. The van der Waals surface area contributed by atoms with Crippen molar-refractivity contribution in [1.29, 1.82) is 0 Å². The lowest BCUT2D eigenvalue weighted by Crippen LogP contribution is -2.61. The van der Waals surface area contributed by atoms with Crippen molar-refractivity contribution >= 4 is 11.4 Å². The average Bonchev–Trinajstić information content (AvgIpc) is 3.11. The van der Waals surface area contributed by atoms with Crippen molar-refractivity contribution in [2.24, 2.45) is 5.92 Å². The second kappa shape index (κ2) is 10.9. The molecule has 216 valence electrons. The quantitative estimate of drug-likeness (QED) is 0.204. The predicted octanol–water partition coefficient (Wildman–Crippen LogP) is 9.80. The van der Waals surface area contributed by atoms with E-state index < -0.39 is 11.0 Å². The molecule has 45 heavy (non-hydrogen) atoms. The molecular formula is C42H33N3. The summed E-state index contributed by atoms with van der Waals surface area (Å²) in [6, 6.07) is 53.4. The lowest BCUT2D eigenvalue weighted by molar-refractivity contribution is 0.289. The second-order valence-electron chi connectivity index (χ2n) is 12.0. The Bertz CT molecular complexity index is 1950. The first-order chi connectivity index (χ1) is 22.2. The van der Waals surface area contributed by atoms with Gasteiger partial charge in [0.1, 0.15) is 0 Å². The van der Waals surface area contributed by atoms with Crippen LogP contribution in [0.25, 0.3) is 22.5 Å². The predicted molar refractivity (Wildman–Crippen MR) is 184 cm³/mol. The summed E-state index contributed by atoms with van der Waals surface area (Å²) in [4.78, 5) is 13.5. The molecule has 3 heteroatoms. The van der Waals surface area contributed by atoms with E-state index in [9.17, 15) is 0 Å². The maximum absolute atomic E-state index is 5.52. The van der Waals surface area contributed by atoms with Crippen LogP contribution in [0.5, 0.6) is 0 Å². The van der Waals surface area contributed by atoms with E-state index in [2.05, 4.69) is 176 Å². The van der Waals surface area contributed by atoms with Crippen LogP contribution in [0.4, 0.5) is 11.4 Å². The summed E-state index contributed by atoms with van der Waals surface area (Å²) >= 11 is 0. The van der Waals surface area contributed by atoms with Gasteiger partial charge in [-0.05, 0) is 55.0 Å². The van der Waals surface area contributed by atoms with E-state index in [1.165, 1.54) is 5.56 Å². The largest absolute Gasteiger partial charge is 0.331 e. The van der Waals surface area contributed by atoms with Crippen molar-refractivity contribution in [1.82, 2.24) is 9.97 Å². The van der Waals surface area contributed by atoms with Gasteiger partial charge in [0.05, 0.1) is 33.7 Å². The molecule has 0 radical (unpaired) electrons. The zero-order chi connectivity index (χ0) is 30.3. The third kappa shape index (κ3) is 4.27. The van der Waals surface area contributed by atoms with Crippen LogP contribution in [0.3, 0.4) is 0 Å². The van der Waals surface area contributed by atoms with E-state index >= 15 is 0 Å². The lowest BCUT2D eigenvalue weighted by atomic mass is 9.55. The number of anilines is 2. The average molecular weight is 580 g/mol. The Hall–Kier alpha value is -5.54. The summed E-state index contributed by atoms with van der Waals surface area (Å²) < 4.78 is 0. The summed E-state index contributed by atoms with van der Waals surface area (Å²) in [7, 11) is 0. The summed E-state index contributed by atoms with van der Waals surface area (Å²) in [5.74, 6) is -0.0397. The van der Waals surface area contributed by atoms with E-state index in [0.29, 0.717) is 0 Å². The Morgan fingerprint density at radius 2 is 1.07 bits per heavy atom. The molecule has 0 saturated heterocycles. The van der Waals surface area contributed by atoms with E-state index in [0.717, 1.165) is 45.3 Å². The van der Waals surface area contributed by atoms with Crippen LogP contribution in [0, 0.1) is 5.92 Å². The van der Waals surface area contributed by atoms with Crippen LogP contribution >= 0.6 is 0 Å². The fraction of sp³-hybridized carbons (Fsp3) is 0.0952. The van der Waals surface area contributed by atoms with Crippen LogP contribution in [0.15, 0.2) is 176 Å². The first-order valence-electron chi connectivity index (χ1n) is 15.6. The number of hydrogen-bond acceptors (Lipinski definition) is 3. The molecular weight excluding hydrogens is 546 g/mol. The number of fused-ring (bicyclic) bond motifs is 2. The number of para-hydroxylation sites is 2. The molecule has 2 aromatic heterocycles. The monoisotopic (exact) mass is 579 g/mol. The molecule has 0 N–H and O–H groups in total. The highest BCUT2D eigenvalue weighted by Crippen LogP contribution is 2.60. The van der Waals surface area contributed by atoms with E-state index in [1.807, 2.05) is 12.1 Å². The molecule has 0 saturated carbocycles. The highest BCUT2D eigenvalue weighted by molar-refractivity contribution is 5.78. The number of aromatic nitrogens is 2.